The number of rotatable bonds is 3. The van der Waals surface area contributed by atoms with Gasteiger partial charge in [-0.1, -0.05) is 13.8 Å². The number of nitrogens with zero attached hydrogens (tertiary/aromatic N) is 2. The van der Waals surface area contributed by atoms with Crippen molar-refractivity contribution < 1.29 is 4.92 Å². The molecule has 2 fully saturated rings. The molecule has 20 heavy (non-hydrogen) atoms. The Morgan fingerprint density at radius 1 is 1.25 bits per heavy atom. The Labute approximate surface area is 119 Å². The van der Waals surface area contributed by atoms with Gasteiger partial charge < -0.3 is 15.0 Å². The van der Waals surface area contributed by atoms with Gasteiger partial charge in [0.15, 0.2) is 0 Å². The fourth-order valence-electron chi connectivity index (χ4n) is 3.78. The summed E-state index contributed by atoms with van der Waals surface area (Å²) < 4.78 is 0. The third kappa shape index (κ3) is 2.23. The Morgan fingerprint density at radius 3 is 2.35 bits per heavy atom. The SMILES string of the molecule is CC(C)C1CC2CCC(C1)N2C1=CC=C([N+](=O)[O-])NN1. The van der Waals surface area contributed by atoms with E-state index in [1.54, 1.807) is 6.08 Å². The van der Waals surface area contributed by atoms with Crippen molar-refractivity contribution >= 4 is 0 Å². The van der Waals surface area contributed by atoms with Crippen LogP contribution in [0.25, 0.3) is 0 Å². The molecule has 0 saturated carbocycles. The summed E-state index contributed by atoms with van der Waals surface area (Å²) in [6.07, 6.45) is 8.31. The lowest BCUT2D eigenvalue weighted by atomic mass is 9.82. The summed E-state index contributed by atoms with van der Waals surface area (Å²) in [5.41, 5.74) is 5.66. The first-order valence-corrected chi connectivity index (χ1v) is 7.43. The largest absolute Gasteiger partial charge is 0.358 e. The molecule has 110 valence electrons. The van der Waals surface area contributed by atoms with Crippen LogP contribution in [0.15, 0.2) is 23.8 Å². The maximum absolute atomic E-state index is 10.7. The first kappa shape index (κ1) is 13.3. The zero-order chi connectivity index (χ0) is 14.3. The number of fused-ring (bicyclic) bond motifs is 2. The first-order chi connectivity index (χ1) is 9.56. The van der Waals surface area contributed by atoms with Gasteiger partial charge in [-0.25, -0.2) is 5.43 Å². The quantitative estimate of drug-likeness (QED) is 0.610. The number of hydrogen-bond acceptors (Lipinski definition) is 5. The molecule has 3 aliphatic rings. The molecule has 0 aromatic carbocycles. The average molecular weight is 278 g/mol. The normalized spacial score (nSPS) is 32.4. The van der Waals surface area contributed by atoms with Crippen LogP contribution < -0.4 is 10.9 Å². The van der Waals surface area contributed by atoms with Crippen molar-refractivity contribution in [3.05, 3.63) is 33.9 Å². The topological polar surface area (TPSA) is 70.4 Å². The minimum Gasteiger partial charge on any atom is -0.358 e. The van der Waals surface area contributed by atoms with Crippen molar-refractivity contribution in [1.29, 1.82) is 0 Å². The predicted molar refractivity (Wildman–Crippen MR) is 75.6 cm³/mol. The Hall–Kier alpha value is -1.72. The summed E-state index contributed by atoms with van der Waals surface area (Å²) in [5, 5.41) is 10.7. The van der Waals surface area contributed by atoms with E-state index in [-0.39, 0.29) is 5.82 Å². The van der Waals surface area contributed by atoms with Crippen LogP contribution in [0.3, 0.4) is 0 Å². The number of nitrogens with one attached hydrogen (secondary N) is 2. The zero-order valence-electron chi connectivity index (χ0n) is 12.0. The van der Waals surface area contributed by atoms with Gasteiger partial charge >= 0.3 is 5.82 Å². The Bertz CT molecular complexity index is 458. The summed E-state index contributed by atoms with van der Waals surface area (Å²) in [6.45, 7) is 4.62. The minimum absolute atomic E-state index is 0.00170. The number of nitro groups is 1. The Kier molecular flexibility index (Phi) is 3.31. The van der Waals surface area contributed by atoms with Gasteiger partial charge in [-0.05, 0) is 48.5 Å². The molecule has 6 heteroatoms. The van der Waals surface area contributed by atoms with Gasteiger partial charge in [0, 0.05) is 18.2 Å². The lowest BCUT2D eigenvalue weighted by molar-refractivity contribution is -0.433. The highest BCUT2D eigenvalue weighted by molar-refractivity contribution is 5.19. The van der Waals surface area contributed by atoms with Crippen LogP contribution in [0, 0.1) is 22.0 Å². The number of hydrazine groups is 1. The maximum atomic E-state index is 10.7. The van der Waals surface area contributed by atoms with Gasteiger partial charge in [0.05, 0.1) is 0 Å². The van der Waals surface area contributed by atoms with Crippen molar-refractivity contribution in [2.75, 3.05) is 0 Å². The summed E-state index contributed by atoms with van der Waals surface area (Å²) in [4.78, 5) is 12.7. The first-order valence-electron chi connectivity index (χ1n) is 7.43. The van der Waals surface area contributed by atoms with Gasteiger partial charge in [0.1, 0.15) is 5.82 Å². The van der Waals surface area contributed by atoms with E-state index >= 15 is 0 Å². The minimum atomic E-state index is -0.417. The van der Waals surface area contributed by atoms with Gasteiger partial charge in [-0.15, -0.1) is 0 Å². The summed E-state index contributed by atoms with van der Waals surface area (Å²) >= 11 is 0. The predicted octanol–water partition coefficient (Wildman–Crippen LogP) is 1.95. The molecular formula is C14H22N4O2. The van der Waals surface area contributed by atoms with Gasteiger partial charge in [-0.3, -0.25) is 0 Å². The van der Waals surface area contributed by atoms with E-state index in [0.717, 1.165) is 17.7 Å². The summed E-state index contributed by atoms with van der Waals surface area (Å²) in [5.74, 6) is 2.53. The van der Waals surface area contributed by atoms with E-state index in [4.69, 9.17) is 0 Å². The van der Waals surface area contributed by atoms with E-state index < -0.39 is 4.92 Å². The third-order valence-corrected chi connectivity index (χ3v) is 4.90. The Morgan fingerprint density at radius 2 is 1.90 bits per heavy atom. The van der Waals surface area contributed by atoms with Crippen molar-refractivity contribution in [1.82, 2.24) is 15.8 Å². The van der Waals surface area contributed by atoms with Crippen LogP contribution >= 0.6 is 0 Å². The van der Waals surface area contributed by atoms with Gasteiger partial charge in [0.2, 0.25) is 0 Å². The lowest BCUT2D eigenvalue weighted by Crippen LogP contribution is -2.50. The molecule has 2 saturated heterocycles. The fourth-order valence-corrected chi connectivity index (χ4v) is 3.78. The van der Waals surface area contributed by atoms with Crippen molar-refractivity contribution in [2.45, 2.75) is 51.6 Å². The molecule has 0 aromatic heterocycles. The molecule has 2 N–H and O–H groups in total. The van der Waals surface area contributed by atoms with E-state index in [2.05, 4.69) is 29.6 Å². The molecule has 0 radical (unpaired) electrons. The van der Waals surface area contributed by atoms with Gasteiger partial charge in [0.25, 0.3) is 0 Å². The van der Waals surface area contributed by atoms with Crippen LogP contribution in [0.4, 0.5) is 0 Å². The fraction of sp³-hybridized carbons (Fsp3) is 0.714. The maximum Gasteiger partial charge on any atom is 0.339 e. The number of hydrogen-bond donors (Lipinski definition) is 2. The zero-order valence-corrected chi connectivity index (χ0v) is 12.0. The molecule has 3 heterocycles. The molecule has 0 aliphatic carbocycles. The van der Waals surface area contributed by atoms with Crippen LogP contribution in [-0.4, -0.2) is 21.9 Å². The number of piperidine rings is 1. The molecule has 2 atom stereocenters. The summed E-state index contributed by atoms with van der Waals surface area (Å²) in [6, 6.07) is 1.15. The monoisotopic (exact) mass is 278 g/mol. The highest BCUT2D eigenvalue weighted by Gasteiger charge is 2.42. The molecule has 6 nitrogen and oxygen atoms in total. The van der Waals surface area contributed by atoms with E-state index in [9.17, 15) is 10.1 Å². The smallest absolute Gasteiger partial charge is 0.339 e. The summed E-state index contributed by atoms with van der Waals surface area (Å²) in [7, 11) is 0. The van der Waals surface area contributed by atoms with E-state index in [0.29, 0.717) is 12.1 Å². The average Bonchev–Trinajstić information content (AvgIpc) is 2.68. The standard InChI is InChI=1S/C14H22N4O2/c1-9(2)10-7-11-3-4-12(8-10)17(11)13-5-6-14(16-15-13)18(19)20/h5-6,9-12,15-16H,3-4,7-8H2,1-2H3. The van der Waals surface area contributed by atoms with Crippen molar-refractivity contribution in [2.24, 2.45) is 11.8 Å². The molecular weight excluding hydrogens is 256 g/mol. The molecule has 2 bridgehead atoms. The second kappa shape index (κ2) is 5.00. The van der Waals surface area contributed by atoms with Crippen molar-refractivity contribution in [3.8, 4) is 0 Å². The molecule has 0 aromatic rings. The van der Waals surface area contributed by atoms with Crippen LogP contribution in [0.2, 0.25) is 0 Å². The molecule has 3 rings (SSSR count). The number of allylic oxidation sites excluding steroid dienone is 2. The second-order valence-corrected chi connectivity index (χ2v) is 6.38. The lowest BCUT2D eigenvalue weighted by Gasteiger charge is -2.42. The highest BCUT2D eigenvalue weighted by atomic mass is 16.6. The van der Waals surface area contributed by atoms with Crippen LogP contribution in [0.1, 0.15) is 39.5 Å². The molecule has 0 spiro atoms. The molecule has 2 unspecified atom stereocenters. The van der Waals surface area contributed by atoms with Crippen molar-refractivity contribution in [3.63, 3.8) is 0 Å². The van der Waals surface area contributed by atoms with E-state index in [1.165, 1.54) is 25.7 Å². The Balaban J connectivity index is 1.75. The highest BCUT2D eigenvalue weighted by Crippen LogP contribution is 2.42. The molecule has 0 amide bonds. The van der Waals surface area contributed by atoms with Crippen LogP contribution in [-0.2, 0) is 0 Å². The van der Waals surface area contributed by atoms with E-state index in [1.807, 2.05) is 6.08 Å². The third-order valence-electron chi connectivity index (χ3n) is 4.90. The van der Waals surface area contributed by atoms with Gasteiger partial charge in [-0.2, -0.15) is 5.43 Å². The molecule has 3 aliphatic heterocycles. The van der Waals surface area contributed by atoms with Crippen LogP contribution in [0.5, 0.6) is 0 Å². The second-order valence-electron chi connectivity index (χ2n) is 6.38.